The lowest BCUT2D eigenvalue weighted by Gasteiger charge is -2.41. The van der Waals surface area contributed by atoms with Crippen LogP contribution in [0, 0.1) is 23.2 Å². The summed E-state index contributed by atoms with van der Waals surface area (Å²) < 4.78 is 5.50. The zero-order valence-corrected chi connectivity index (χ0v) is 15.3. The van der Waals surface area contributed by atoms with Crippen LogP contribution < -0.4 is 0 Å². The Hall–Kier alpha value is -0.370. The van der Waals surface area contributed by atoms with Gasteiger partial charge >= 0.3 is 0 Å². The third kappa shape index (κ3) is 6.95. The third-order valence-corrected chi connectivity index (χ3v) is 4.98. The molecule has 21 heavy (non-hydrogen) atoms. The molecule has 0 amide bonds. The standard InChI is InChI=1S/C19H38O2/c1-7-13-19(15-21-6,17(4)5)18(14-20)12-10-8-9-11-16(2)3/h14,16-18H,7-13,15H2,1-6H3. The van der Waals surface area contributed by atoms with Gasteiger partial charge in [-0.25, -0.2) is 0 Å². The highest BCUT2D eigenvalue weighted by Crippen LogP contribution is 2.42. The predicted molar refractivity (Wildman–Crippen MR) is 91.5 cm³/mol. The summed E-state index contributed by atoms with van der Waals surface area (Å²) in [6, 6.07) is 0. The second-order valence-corrected chi connectivity index (χ2v) is 7.35. The second kappa shape index (κ2) is 11.2. The van der Waals surface area contributed by atoms with E-state index in [0.29, 0.717) is 12.5 Å². The van der Waals surface area contributed by atoms with Crippen molar-refractivity contribution in [3.8, 4) is 0 Å². The van der Waals surface area contributed by atoms with Crippen molar-refractivity contribution in [2.24, 2.45) is 23.2 Å². The second-order valence-electron chi connectivity index (χ2n) is 7.35. The minimum absolute atomic E-state index is 0.0172. The summed E-state index contributed by atoms with van der Waals surface area (Å²) in [5.74, 6) is 1.40. The van der Waals surface area contributed by atoms with Crippen LogP contribution in [0.2, 0.25) is 0 Å². The fourth-order valence-corrected chi connectivity index (χ4v) is 3.57. The Bertz CT molecular complexity index is 252. The fraction of sp³-hybridized carbons (Fsp3) is 0.947. The molecule has 0 saturated carbocycles. The van der Waals surface area contributed by atoms with Gasteiger partial charge in [0.25, 0.3) is 0 Å². The van der Waals surface area contributed by atoms with Gasteiger partial charge in [0.1, 0.15) is 6.29 Å². The maximum absolute atomic E-state index is 11.7. The van der Waals surface area contributed by atoms with E-state index in [4.69, 9.17) is 4.74 Å². The summed E-state index contributed by atoms with van der Waals surface area (Å²) in [5, 5.41) is 0. The first-order chi connectivity index (χ1) is 9.94. The van der Waals surface area contributed by atoms with Crippen molar-refractivity contribution < 1.29 is 9.53 Å². The van der Waals surface area contributed by atoms with Gasteiger partial charge in [-0.15, -0.1) is 0 Å². The van der Waals surface area contributed by atoms with Crippen molar-refractivity contribution in [3.63, 3.8) is 0 Å². The Morgan fingerprint density at radius 3 is 2.10 bits per heavy atom. The molecule has 0 aliphatic heterocycles. The topological polar surface area (TPSA) is 26.3 Å². The quantitative estimate of drug-likeness (QED) is 0.331. The van der Waals surface area contributed by atoms with Gasteiger partial charge < -0.3 is 9.53 Å². The van der Waals surface area contributed by atoms with Crippen LogP contribution in [0.15, 0.2) is 0 Å². The van der Waals surface area contributed by atoms with E-state index in [1.54, 1.807) is 7.11 Å². The van der Waals surface area contributed by atoms with E-state index in [1.807, 2.05) is 0 Å². The summed E-state index contributed by atoms with van der Waals surface area (Å²) in [6.45, 7) is 11.9. The van der Waals surface area contributed by atoms with Crippen molar-refractivity contribution in [2.75, 3.05) is 13.7 Å². The number of unbranched alkanes of at least 4 members (excludes halogenated alkanes) is 2. The predicted octanol–water partition coefficient (Wildman–Crippen LogP) is 5.50. The minimum Gasteiger partial charge on any atom is -0.384 e. The molecule has 0 aliphatic carbocycles. The zero-order valence-electron chi connectivity index (χ0n) is 15.3. The van der Waals surface area contributed by atoms with Crippen molar-refractivity contribution in [1.29, 1.82) is 0 Å². The van der Waals surface area contributed by atoms with Gasteiger partial charge in [-0.05, 0) is 24.7 Å². The van der Waals surface area contributed by atoms with Crippen LogP contribution in [0.1, 0.15) is 79.6 Å². The van der Waals surface area contributed by atoms with Crippen molar-refractivity contribution >= 4 is 6.29 Å². The van der Waals surface area contributed by atoms with Crippen molar-refractivity contribution in [2.45, 2.75) is 79.6 Å². The van der Waals surface area contributed by atoms with Crippen molar-refractivity contribution in [1.82, 2.24) is 0 Å². The number of ether oxygens (including phenoxy) is 1. The highest BCUT2D eigenvalue weighted by atomic mass is 16.5. The first-order valence-electron chi connectivity index (χ1n) is 8.88. The van der Waals surface area contributed by atoms with E-state index in [-0.39, 0.29) is 11.3 Å². The van der Waals surface area contributed by atoms with Gasteiger partial charge in [-0.1, -0.05) is 66.7 Å². The highest BCUT2D eigenvalue weighted by Gasteiger charge is 2.40. The summed E-state index contributed by atoms with van der Waals surface area (Å²) >= 11 is 0. The SMILES string of the molecule is CCCC(COC)(C(C)C)C(C=O)CCCCCC(C)C. The smallest absolute Gasteiger partial charge is 0.123 e. The molecule has 0 aromatic carbocycles. The molecule has 0 fully saturated rings. The first kappa shape index (κ1) is 20.6. The maximum Gasteiger partial charge on any atom is 0.123 e. The molecule has 0 spiro atoms. The molecule has 0 radical (unpaired) electrons. The molecule has 0 aromatic heterocycles. The van der Waals surface area contributed by atoms with E-state index in [0.717, 1.165) is 31.6 Å². The summed E-state index contributed by atoms with van der Waals surface area (Å²) in [7, 11) is 1.76. The summed E-state index contributed by atoms with van der Waals surface area (Å²) in [5.41, 5.74) is 0.0172. The lowest BCUT2D eigenvalue weighted by molar-refractivity contribution is -0.120. The average molecular weight is 299 g/mol. The Morgan fingerprint density at radius 2 is 1.67 bits per heavy atom. The largest absolute Gasteiger partial charge is 0.384 e. The maximum atomic E-state index is 11.7. The normalized spacial score (nSPS) is 16.2. The molecule has 126 valence electrons. The van der Waals surface area contributed by atoms with Crippen LogP contribution >= 0.6 is 0 Å². The summed E-state index contributed by atoms with van der Waals surface area (Å²) in [6.07, 6.45) is 9.41. The van der Waals surface area contributed by atoms with Gasteiger partial charge in [0.2, 0.25) is 0 Å². The molecule has 0 aliphatic rings. The van der Waals surface area contributed by atoms with Crippen molar-refractivity contribution in [3.05, 3.63) is 0 Å². The Kier molecular flexibility index (Phi) is 11.0. The molecule has 0 N–H and O–H groups in total. The number of carbonyl (C=O) groups excluding carboxylic acids is 1. The Balaban J connectivity index is 4.62. The number of rotatable bonds is 13. The first-order valence-corrected chi connectivity index (χ1v) is 8.88. The molecule has 2 nitrogen and oxygen atoms in total. The van der Waals surface area contributed by atoms with Gasteiger partial charge in [-0.2, -0.15) is 0 Å². The Labute approximate surface area is 133 Å². The van der Waals surface area contributed by atoms with E-state index in [1.165, 1.54) is 25.5 Å². The van der Waals surface area contributed by atoms with Gasteiger partial charge in [-0.3, -0.25) is 0 Å². The van der Waals surface area contributed by atoms with Gasteiger partial charge in [0, 0.05) is 18.4 Å². The van der Waals surface area contributed by atoms with E-state index in [2.05, 4.69) is 34.6 Å². The fourth-order valence-electron chi connectivity index (χ4n) is 3.57. The number of aldehydes is 1. The Morgan fingerprint density at radius 1 is 1.05 bits per heavy atom. The molecular weight excluding hydrogens is 260 g/mol. The third-order valence-electron chi connectivity index (χ3n) is 4.98. The van der Waals surface area contributed by atoms with Gasteiger partial charge in [0.15, 0.2) is 0 Å². The van der Waals surface area contributed by atoms with E-state index in [9.17, 15) is 4.79 Å². The van der Waals surface area contributed by atoms with Crippen LogP contribution in [-0.4, -0.2) is 20.0 Å². The van der Waals surface area contributed by atoms with Gasteiger partial charge in [0.05, 0.1) is 6.61 Å². The lowest BCUT2D eigenvalue weighted by atomic mass is 9.64. The molecule has 2 heteroatoms. The molecule has 0 rings (SSSR count). The minimum atomic E-state index is 0.0172. The van der Waals surface area contributed by atoms with Crippen LogP contribution in [0.4, 0.5) is 0 Å². The number of methoxy groups -OCH3 is 1. The number of carbonyl (C=O) groups is 1. The molecule has 0 aromatic rings. The van der Waals surface area contributed by atoms with Crippen LogP contribution in [0.3, 0.4) is 0 Å². The molecule has 0 heterocycles. The highest BCUT2D eigenvalue weighted by molar-refractivity contribution is 5.55. The molecular formula is C19H38O2. The number of hydrogen-bond acceptors (Lipinski definition) is 2. The average Bonchev–Trinajstić information content (AvgIpc) is 2.42. The lowest BCUT2D eigenvalue weighted by Crippen LogP contribution is -2.41. The molecule has 2 atom stereocenters. The van der Waals surface area contributed by atoms with Crippen LogP contribution in [0.25, 0.3) is 0 Å². The molecule has 2 unspecified atom stereocenters. The van der Waals surface area contributed by atoms with E-state index < -0.39 is 0 Å². The van der Waals surface area contributed by atoms with Crippen LogP contribution in [-0.2, 0) is 9.53 Å². The van der Waals surface area contributed by atoms with Crippen LogP contribution in [0.5, 0.6) is 0 Å². The molecule has 0 saturated heterocycles. The monoisotopic (exact) mass is 298 g/mol. The van der Waals surface area contributed by atoms with E-state index >= 15 is 0 Å². The molecule has 0 bridgehead atoms. The zero-order chi connectivity index (χ0) is 16.3. The number of hydrogen-bond donors (Lipinski definition) is 0. The summed E-state index contributed by atoms with van der Waals surface area (Å²) in [4.78, 5) is 11.7.